The van der Waals surface area contributed by atoms with E-state index >= 15 is 0 Å². The fourth-order valence-electron chi connectivity index (χ4n) is 0.971. The zero-order valence-corrected chi connectivity index (χ0v) is 12.2. The quantitative estimate of drug-likeness (QED) is 0.737. The maximum Gasteiger partial charge on any atom is 0.490 e. The summed E-state index contributed by atoms with van der Waals surface area (Å²) in [6.07, 6.45) is -5.98. The van der Waals surface area contributed by atoms with E-state index in [4.69, 9.17) is 20.7 Å². The number of nitrogens with two attached hydrogens (primary N) is 1. The van der Waals surface area contributed by atoms with Crippen LogP contribution in [0.1, 0.15) is 20.8 Å². The van der Waals surface area contributed by atoms with Crippen LogP contribution < -0.4 is 5.73 Å². The highest BCUT2D eigenvalue weighted by atomic mass is 35.5. The van der Waals surface area contributed by atoms with Gasteiger partial charge in [-0.25, -0.2) is 9.59 Å². The molecule has 122 valence electrons. The van der Waals surface area contributed by atoms with Gasteiger partial charge in [0, 0.05) is 19.6 Å². The fraction of sp³-hybridized carbons (Fsp3) is 0.800. The number of alkyl halides is 3. The van der Waals surface area contributed by atoms with Crippen molar-refractivity contribution in [3.05, 3.63) is 0 Å². The molecule has 0 rings (SSSR count). The maximum absolute atomic E-state index is 10.6. The molecule has 0 saturated carbocycles. The molecule has 0 atom stereocenters. The molecule has 6 nitrogen and oxygen atoms in total. The van der Waals surface area contributed by atoms with Gasteiger partial charge in [-0.05, 0) is 5.41 Å². The molecule has 0 aromatic heterocycles. The highest BCUT2D eigenvalue weighted by Crippen LogP contribution is 2.14. The Bertz CT molecular complexity index is 306. The molecule has 0 aliphatic rings. The monoisotopic (exact) mass is 324 g/mol. The van der Waals surface area contributed by atoms with Crippen molar-refractivity contribution in [2.45, 2.75) is 26.9 Å². The van der Waals surface area contributed by atoms with Crippen LogP contribution in [0.25, 0.3) is 0 Å². The Kier molecular flexibility index (Phi) is 11.5. The van der Waals surface area contributed by atoms with Crippen LogP contribution >= 0.6 is 12.4 Å². The third kappa shape index (κ3) is 14.8. The zero-order chi connectivity index (χ0) is 15.9. The lowest BCUT2D eigenvalue weighted by atomic mass is 9.96. The van der Waals surface area contributed by atoms with Gasteiger partial charge in [0.05, 0.1) is 0 Å². The highest BCUT2D eigenvalue weighted by molar-refractivity contribution is 5.85. The summed E-state index contributed by atoms with van der Waals surface area (Å²) in [5.74, 6) is -2.76. The summed E-state index contributed by atoms with van der Waals surface area (Å²) >= 11 is 0. The normalized spacial score (nSPS) is 10.8. The van der Waals surface area contributed by atoms with Gasteiger partial charge in [0.25, 0.3) is 0 Å². The number of nitrogens with zero attached hydrogens (tertiary/aromatic N) is 1. The number of hydrogen-bond acceptors (Lipinski definition) is 3. The Hall–Kier alpha value is -1.22. The molecular weight excluding hydrogens is 305 g/mol. The van der Waals surface area contributed by atoms with E-state index in [2.05, 4.69) is 0 Å². The molecule has 0 radical (unpaired) electrons. The lowest BCUT2D eigenvalue weighted by Crippen LogP contribution is -2.39. The third-order valence-electron chi connectivity index (χ3n) is 1.58. The number of carboxylic acids is 1. The number of aliphatic carboxylic acids is 1. The smallest absolute Gasteiger partial charge is 0.475 e. The molecule has 0 aromatic rings. The molecule has 0 aromatic carbocycles. The number of hydrogen-bond donors (Lipinski definition) is 3. The van der Waals surface area contributed by atoms with Crippen molar-refractivity contribution in [3.8, 4) is 0 Å². The van der Waals surface area contributed by atoms with E-state index in [1.165, 1.54) is 4.90 Å². The second-order valence-corrected chi connectivity index (χ2v) is 4.86. The van der Waals surface area contributed by atoms with Gasteiger partial charge in [-0.15, -0.1) is 12.4 Å². The van der Waals surface area contributed by atoms with E-state index in [1.807, 2.05) is 20.8 Å². The highest BCUT2D eigenvalue weighted by Gasteiger charge is 2.38. The van der Waals surface area contributed by atoms with Crippen LogP contribution in [0.2, 0.25) is 0 Å². The topological polar surface area (TPSA) is 104 Å². The average Bonchev–Trinajstić information content (AvgIpc) is 2.14. The van der Waals surface area contributed by atoms with Crippen LogP contribution in [0.3, 0.4) is 0 Å². The molecule has 0 bridgehead atoms. The summed E-state index contributed by atoms with van der Waals surface area (Å²) in [6, 6.07) is 0. The Morgan fingerprint density at radius 3 is 1.65 bits per heavy atom. The lowest BCUT2D eigenvalue weighted by molar-refractivity contribution is -0.192. The predicted octanol–water partition coefficient (Wildman–Crippen LogP) is 2.03. The first-order valence-electron chi connectivity index (χ1n) is 5.29. The van der Waals surface area contributed by atoms with Gasteiger partial charge in [0.15, 0.2) is 0 Å². The fourth-order valence-corrected chi connectivity index (χ4v) is 0.971. The molecule has 0 spiro atoms. The third-order valence-corrected chi connectivity index (χ3v) is 1.58. The van der Waals surface area contributed by atoms with Crippen molar-refractivity contribution >= 4 is 24.5 Å². The average molecular weight is 325 g/mol. The molecule has 0 heterocycles. The predicted molar refractivity (Wildman–Crippen MR) is 69.0 cm³/mol. The molecule has 0 saturated heterocycles. The first-order chi connectivity index (χ1) is 8.31. The summed E-state index contributed by atoms with van der Waals surface area (Å²) in [7, 11) is 0. The SMILES string of the molecule is CC(C)(C)CN(CCN)C(=O)O.Cl.O=C(O)C(F)(F)F. The Labute approximate surface area is 121 Å². The number of rotatable bonds is 3. The van der Waals surface area contributed by atoms with Crippen molar-refractivity contribution in [2.75, 3.05) is 19.6 Å². The van der Waals surface area contributed by atoms with E-state index in [1.54, 1.807) is 0 Å². The van der Waals surface area contributed by atoms with E-state index in [9.17, 15) is 18.0 Å². The van der Waals surface area contributed by atoms with E-state index < -0.39 is 18.2 Å². The van der Waals surface area contributed by atoms with Crippen LogP contribution in [0, 0.1) is 5.41 Å². The first-order valence-corrected chi connectivity index (χ1v) is 5.29. The number of amides is 1. The van der Waals surface area contributed by atoms with Crippen molar-refractivity contribution in [1.29, 1.82) is 0 Å². The second-order valence-electron chi connectivity index (χ2n) is 4.86. The van der Waals surface area contributed by atoms with Gasteiger partial charge in [-0.3, -0.25) is 0 Å². The van der Waals surface area contributed by atoms with Crippen molar-refractivity contribution < 1.29 is 33.0 Å². The molecule has 0 aliphatic carbocycles. The Balaban J connectivity index is -0.000000312. The maximum atomic E-state index is 10.6. The second kappa shape index (κ2) is 9.65. The van der Waals surface area contributed by atoms with E-state index in [0.29, 0.717) is 19.6 Å². The van der Waals surface area contributed by atoms with Crippen LogP contribution in [-0.2, 0) is 4.79 Å². The van der Waals surface area contributed by atoms with E-state index in [0.717, 1.165) is 0 Å². The van der Waals surface area contributed by atoms with Crippen molar-refractivity contribution in [2.24, 2.45) is 11.1 Å². The van der Waals surface area contributed by atoms with Crippen molar-refractivity contribution in [1.82, 2.24) is 4.90 Å². The van der Waals surface area contributed by atoms with Crippen LogP contribution in [-0.4, -0.2) is 53.0 Å². The summed E-state index contributed by atoms with van der Waals surface area (Å²) in [5, 5.41) is 15.9. The molecule has 20 heavy (non-hydrogen) atoms. The molecule has 1 amide bonds. The number of carbonyl (C=O) groups is 2. The van der Waals surface area contributed by atoms with Crippen LogP contribution in [0.15, 0.2) is 0 Å². The van der Waals surface area contributed by atoms with Gasteiger partial charge in [-0.2, -0.15) is 13.2 Å². The molecule has 0 aliphatic heterocycles. The van der Waals surface area contributed by atoms with Gasteiger partial charge < -0.3 is 20.8 Å². The first kappa shape index (κ1) is 23.8. The lowest BCUT2D eigenvalue weighted by Gasteiger charge is -2.27. The van der Waals surface area contributed by atoms with Crippen molar-refractivity contribution in [3.63, 3.8) is 0 Å². The molecular formula is C10H20ClF3N2O4. The molecule has 10 heteroatoms. The minimum atomic E-state index is -5.08. The number of halogens is 4. The minimum absolute atomic E-state index is 0. The molecule has 0 unspecified atom stereocenters. The summed E-state index contributed by atoms with van der Waals surface area (Å²) in [5.41, 5.74) is 5.27. The van der Waals surface area contributed by atoms with Crippen LogP contribution in [0.5, 0.6) is 0 Å². The van der Waals surface area contributed by atoms with Gasteiger partial charge >= 0.3 is 18.2 Å². The summed E-state index contributed by atoms with van der Waals surface area (Å²) in [6.45, 7) is 7.31. The Morgan fingerprint density at radius 2 is 1.50 bits per heavy atom. The summed E-state index contributed by atoms with van der Waals surface area (Å²) in [4.78, 5) is 20.9. The standard InChI is InChI=1S/C8H18N2O2.C2HF3O2.ClH/c1-8(2,3)6-10(5-4-9)7(11)12;3-2(4,5)1(6)7;/h4-6,9H2,1-3H3,(H,11,12);(H,6,7);1H. The molecule has 0 fully saturated rings. The van der Waals surface area contributed by atoms with Crippen LogP contribution in [0.4, 0.5) is 18.0 Å². The van der Waals surface area contributed by atoms with E-state index in [-0.39, 0.29) is 17.8 Å². The summed E-state index contributed by atoms with van der Waals surface area (Å²) < 4.78 is 31.7. The minimum Gasteiger partial charge on any atom is -0.475 e. The van der Waals surface area contributed by atoms with Gasteiger partial charge in [-0.1, -0.05) is 20.8 Å². The largest absolute Gasteiger partial charge is 0.490 e. The zero-order valence-electron chi connectivity index (χ0n) is 11.4. The van der Waals surface area contributed by atoms with Gasteiger partial charge in [0.1, 0.15) is 0 Å². The number of carboxylic acid groups (broad SMARTS) is 2. The van der Waals surface area contributed by atoms with Gasteiger partial charge in [0.2, 0.25) is 0 Å². The molecule has 4 N–H and O–H groups in total. The Morgan fingerprint density at radius 1 is 1.15 bits per heavy atom.